The van der Waals surface area contributed by atoms with Crippen molar-refractivity contribution in [2.75, 3.05) is 13.2 Å². The molecule has 0 amide bonds. The van der Waals surface area contributed by atoms with Crippen LogP contribution < -0.4 is 0 Å². The fourth-order valence-electron chi connectivity index (χ4n) is 7.47. The van der Waals surface area contributed by atoms with E-state index < -0.39 is 6.10 Å². The summed E-state index contributed by atoms with van der Waals surface area (Å²) in [5, 5.41) is 0. The largest absolute Gasteiger partial charge is 0.462 e. The molecule has 0 heterocycles. The molecule has 0 spiro atoms. The van der Waals surface area contributed by atoms with Gasteiger partial charge in [-0.1, -0.05) is 211 Å². The van der Waals surface area contributed by atoms with Crippen LogP contribution in [0.2, 0.25) is 0 Å². The minimum absolute atomic E-state index is 0.0826. The molecule has 0 aliphatic carbocycles. The van der Waals surface area contributed by atoms with E-state index in [1.54, 1.807) is 0 Å². The summed E-state index contributed by atoms with van der Waals surface area (Å²) >= 11 is 0. The molecular weight excluding hydrogens is 769 g/mol. The second-order valence-corrected chi connectivity index (χ2v) is 17.8. The van der Waals surface area contributed by atoms with Gasteiger partial charge in [0.15, 0.2) is 6.10 Å². The highest BCUT2D eigenvalue weighted by atomic mass is 16.6. The molecule has 0 radical (unpaired) electrons. The third-order valence-electron chi connectivity index (χ3n) is 11.6. The lowest BCUT2D eigenvalue weighted by atomic mass is 10.1. The van der Waals surface area contributed by atoms with E-state index in [0.29, 0.717) is 19.3 Å². The molecule has 0 aliphatic heterocycles. The monoisotopic (exact) mass is 869 g/mol. The van der Waals surface area contributed by atoms with Crippen LogP contribution in [0.4, 0.5) is 0 Å². The fraction of sp³-hybridized carbons (Fsp3) is 0.804. The minimum Gasteiger partial charge on any atom is -0.462 e. The Morgan fingerprint density at radius 2 is 0.597 bits per heavy atom. The summed E-state index contributed by atoms with van der Waals surface area (Å²) in [7, 11) is 0. The first kappa shape index (κ1) is 59.4. The second-order valence-electron chi connectivity index (χ2n) is 17.8. The summed E-state index contributed by atoms with van der Waals surface area (Å²) in [6.07, 6.45) is 60.9. The molecular formula is C56H100O6. The normalized spacial score (nSPS) is 12.4. The first-order valence-corrected chi connectivity index (χ1v) is 26.7. The predicted molar refractivity (Wildman–Crippen MR) is 265 cm³/mol. The van der Waals surface area contributed by atoms with Crippen LogP contribution in [0.1, 0.15) is 271 Å². The van der Waals surface area contributed by atoms with Gasteiger partial charge >= 0.3 is 17.9 Å². The van der Waals surface area contributed by atoms with Crippen molar-refractivity contribution in [3.63, 3.8) is 0 Å². The number of ether oxygens (including phenoxy) is 3. The Labute approximate surface area is 384 Å². The third kappa shape index (κ3) is 48.4. The van der Waals surface area contributed by atoms with Crippen LogP contribution in [0, 0.1) is 0 Å². The lowest BCUT2D eigenvalue weighted by Crippen LogP contribution is -2.30. The van der Waals surface area contributed by atoms with Crippen LogP contribution in [-0.2, 0) is 28.6 Å². The molecule has 0 aromatic rings. The van der Waals surface area contributed by atoms with Gasteiger partial charge < -0.3 is 14.2 Å². The van der Waals surface area contributed by atoms with Crippen molar-refractivity contribution in [1.82, 2.24) is 0 Å². The molecule has 0 aromatic heterocycles. The minimum atomic E-state index is -0.783. The van der Waals surface area contributed by atoms with Crippen LogP contribution in [0.15, 0.2) is 48.6 Å². The first-order valence-electron chi connectivity index (χ1n) is 26.7. The summed E-state index contributed by atoms with van der Waals surface area (Å²) in [5.74, 6) is -0.905. The maximum Gasteiger partial charge on any atom is 0.306 e. The zero-order chi connectivity index (χ0) is 45.1. The number of allylic oxidation sites excluding steroid dienone is 8. The number of hydrogen-bond donors (Lipinski definition) is 0. The van der Waals surface area contributed by atoms with E-state index in [2.05, 4.69) is 69.4 Å². The maximum atomic E-state index is 12.8. The van der Waals surface area contributed by atoms with Crippen molar-refractivity contribution in [3.05, 3.63) is 48.6 Å². The topological polar surface area (TPSA) is 78.9 Å². The van der Waals surface area contributed by atoms with Crippen molar-refractivity contribution >= 4 is 17.9 Å². The van der Waals surface area contributed by atoms with E-state index in [9.17, 15) is 14.4 Å². The van der Waals surface area contributed by atoms with Crippen LogP contribution in [0.3, 0.4) is 0 Å². The second kappa shape index (κ2) is 51.0. The number of unbranched alkanes of at least 4 members (excludes halogenated alkanes) is 30. The molecule has 6 heteroatoms. The molecule has 6 nitrogen and oxygen atoms in total. The Morgan fingerprint density at radius 3 is 1.00 bits per heavy atom. The predicted octanol–water partition coefficient (Wildman–Crippen LogP) is 17.5. The molecule has 360 valence electrons. The quantitative estimate of drug-likeness (QED) is 0.0199. The van der Waals surface area contributed by atoms with Gasteiger partial charge in [0, 0.05) is 19.3 Å². The summed E-state index contributed by atoms with van der Waals surface area (Å²) in [6, 6.07) is 0. The van der Waals surface area contributed by atoms with Crippen molar-refractivity contribution in [2.24, 2.45) is 0 Å². The van der Waals surface area contributed by atoms with Gasteiger partial charge in [-0.3, -0.25) is 14.4 Å². The highest BCUT2D eigenvalue weighted by molar-refractivity contribution is 5.71. The molecule has 0 fully saturated rings. The molecule has 0 aromatic carbocycles. The molecule has 0 saturated heterocycles. The van der Waals surface area contributed by atoms with Crippen molar-refractivity contribution in [1.29, 1.82) is 0 Å². The highest BCUT2D eigenvalue weighted by Crippen LogP contribution is 2.15. The lowest BCUT2D eigenvalue weighted by Gasteiger charge is -2.18. The van der Waals surface area contributed by atoms with Crippen molar-refractivity contribution in [3.8, 4) is 0 Å². The van der Waals surface area contributed by atoms with E-state index >= 15 is 0 Å². The lowest BCUT2D eigenvalue weighted by molar-refractivity contribution is -0.167. The van der Waals surface area contributed by atoms with E-state index in [1.807, 2.05) is 0 Å². The Hall–Kier alpha value is -2.63. The van der Waals surface area contributed by atoms with Crippen LogP contribution >= 0.6 is 0 Å². The Kier molecular flexibility index (Phi) is 48.8. The van der Waals surface area contributed by atoms with Gasteiger partial charge in [0.25, 0.3) is 0 Å². The van der Waals surface area contributed by atoms with E-state index in [-0.39, 0.29) is 31.1 Å². The van der Waals surface area contributed by atoms with Gasteiger partial charge in [0.05, 0.1) is 0 Å². The fourth-order valence-corrected chi connectivity index (χ4v) is 7.47. The highest BCUT2D eigenvalue weighted by Gasteiger charge is 2.19. The zero-order valence-electron chi connectivity index (χ0n) is 41.1. The Bertz CT molecular complexity index is 1090. The standard InChI is InChI=1S/C56H100O6/c1-4-7-10-13-16-19-22-24-26-27-28-29-30-32-34-37-40-43-46-49-55(58)61-52-53(51-60-54(57)48-45-42-39-36-33-21-18-15-12-9-6-3)62-56(59)50-47-44-41-38-35-31-25-23-20-17-14-11-8-5-2/h15-16,18-19,22,24,31,35,53H,4-14,17,20-21,23,25-30,32-34,36-52H2,1-3H3/b18-15-,19-16-,24-22-,35-31-. The summed E-state index contributed by atoms with van der Waals surface area (Å²) < 4.78 is 16.8. The molecule has 0 N–H and O–H groups in total. The number of rotatable bonds is 48. The molecule has 0 rings (SSSR count). The number of esters is 3. The molecule has 0 saturated carbocycles. The number of carbonyl (C=O) groups excluding carboxylic acids is 3. The smallest absolute Gasteiger partial charge is 0.306 e. The Balaban J connectivity index is 4.34. The zero-order valence-corrected chi connectivity index (χ0v) is 41.1. The molecule has 1 unspecified atom stereocenters. The number of carbonyl (C=O) groups is 3. The Morgan fingerprint density at radius 1 is 0.323 bits per heavy atom. The maximum absolute atomic E-state index is 12.8. The summed E-state index contributed by atoms with van der Waals surface area (Å²) in [5.41, 5.74) is 0. The van der Waals surface area contributed by atoms with E-state index in [4.69, 9.17) is 14.2 Å². The summed E-state index contributed by atoms with van der Waals surface area (Å²) in [6.45, 7) is 6.56. The van der Waals surface area contributed by atoms with Gasteiger partial charge in [0.1, 0.15) is 13.2 Å². The van der Waals surface area contributed by atoms with Crippen molar-refractivity contribution in [2.45, 2.75) is 277 Å². The molecule has 62 heavy (non-hydrogen) atoms. The number of hydrogen-bond acceptors (Lipinski definition) is 6. The molecule has 0 bridgehead atoms. The molecule has 1 atom stereocenters. The van der Waals surface area contributed by atoms with Crippen molar-refractivity contribution < 1.29 is 28.6 Å². The molecule has 0 aliphatic rings. The van der Waals surface area contributed by atoms with Crippen LogP contribution in [0.25, 0.3) is 0 Å². The van der Waals surface area contributed by atoms with E-state index in [1.165, 1.54) is 154 Å². The average Bonchev–Trinajstić information content (AvgIpc) is 3.27. The SMILES string of the molecule is CCCC/C=C\CCCCCCCC(=O)OCC(COC(=O)CCCCCCCCCCCC/C=C\C=C/CCCCC)OC(=O)CCCCC/C=C\CCCCCCCCC. The van der Waals surface area contributed by atoms with Gasteiger partial charge in [-0.05, 0) is 89.9 Å². The van der Waals surface area contributed by atoms with Crippen LogP contribution in [0.5, 0.6) is 0 Å². The third-order valence-corrected chi connectivity index (χ3v) is 11.6. The average molecular weight is 869 g/mol. The van der Waals surface area contributed by atoms with Gasteiger partial charge in [-0.25, -0.2) is 0 Å². The van der Waals surface area contributed by atoms with Gasteiger partial charge in [0.2, 0.25) is 0 Å². The van der Waals surface area contributed by atoms with Gasteiger partial charge in [-0.2, -0.15) is 0 Å². The first-order chi connectivity index (χ1) is 30.5. The van der Waals surface area contributed by atoms with Gasteiger partial charge in [-0.15, -0.1) is 0 Å². The summed E-state index contributed by atoms with van der Waals surface area (Å²) in [4.78, 5) is 38.0. The van der Waals surface area contributed by atoms with Crippen LogP contribution in [-0.4, -0.2) is 37.2 Å². The van der Waals surface area contributed by atoms with E-state index in [0.717, 1.165) is 77.0 Å².